The van der Waals surface area contributed by atoms with Gasteiger partial charge in [0.15, 0.2) is 0 Å². The zero-order valence-corrected chi connectivity index (χ0v) is 10.7. The summed E-state index contributed by atoms with van der Waals surface area (Å²) in [6, 6.07) is 0.662. The molecule has 1 aliphatic heterocycles. The Morgan fingerprint density at radius 1 is 1.50 bits per heavy atom. The van der Waals surface area contributed by atoms with Crippen LogP contribution in [0.2, 0.25) is 0 Å². The Kier molecular flexibility index (Phi) is 4.69. The first-order valence-electron chi connectivity index (χ1n) is 6.10. The van der Waals surface area contributed by atoms with Crippen molar-refractivity contribution >= 4 is 11.5 Å². The highest BCUT2D eigenvalue weighted by Gasteiger charge is 2.17. The molecule has 2 heterocycles. The first kappa shape index (κ1) is 12.0. The molecule has 0 aromatic carbocycles. The first-order valence-corrected chi connectivity index (χ1v) is 6.94. The van der Waals surface area contributed by atoms with E-state index >= 15 is 0 Å². The average Bonchev–Trinajstić information content (AvgIpc) is 2.82. The van der Waals surface area contributed by atoms with Crippen LogP contribution in [-0.2, 0) is 6.54 Å². The summed E-state index contributed by atoms with van der Waals surface area (Å²) in [6.45, 7) is 6.85. The van der Waals surface area contributed by atoms with Gasteiger partial charge in [-0.2, -0.15) is 0 Å². The van der Waals surface area contributed by atoms with E-state index in [-0.39, 0.29) is 0 Å². The molecule has 0 spiro atoms. The van der Waals surface area contributed by atoms with Gasteiger partial charge in [0, 0.05) is 18.0 Å². The molecule has 0 saturated carbocycles. The Morgan fingerprint density at radius 2 is 2.31 bits per heavy atom. The fourth-order valence-corrected chi connectivity index (χ4v) is 2.64. The Balaban J connectivity index is 1.65. The lowest BCUT2D eigenvalue weighted by Gasteiger charge is -2.32. The van der Waals surface area contributed by atoms with Gasteiger partial charge in [-0.05, 0) is 50.4 Å². The van der Waals surface area contributed by atoms with Gasteiger partial charge in [-0.25, -0.2) is 0 Å². The molecule has 1 N–H and O–H groups in total. The molecule has 1 saturated heterocycles. The van der Waals surface area contributed by atoms with Gasteiger partial charge in [0.05, 0.1) is 5.69 Å². The van der Waals surface area contributed by atoms with Crippen molar-refractivity contribution < 1.29 is 0 Å². The van der Waals surface area contributed by atoms with Gasteiger partial charge < -0.3 is 10.2 Å². The summed E-state index contributed by atoms with van der Waals surface area (Å²) in [5.74, 6) is 0. The molecule has 4 nitrogen and oxygen atoms in total. The number of hydrogen-bond donors (Lipinski definition) is 1. The maximum atomic E-state index is 4.04. The number of aromatic nitrogens is 2. The van der Waals surface area contributed by atoms with Crippen LogP contribution in [0.25, 0.3) is 0 Å². The highest BCUT2D eigenvalue weighted by molar-refractivity contribution is 7.03. The minimum atomic E-state index is 0.662. The quantitative estimate of drug-likeness (QED) is 0.847. The van der Waals surface area contributed by atoms with Gasteiger partial charge in [-0.3, -0.25) is 0 Å². The predicted octanol–water partition coefficient (Wildman–Crippen LogP) is 1.50. The van der Waals surface area contributed by atoms with Crippen LogP contribution in [0.4, 0.5) is 0 Å². The minimum absolute atomic E-state index is 0.662. The summed E-state index contributed by atoms with van der Waals surface area (Å²) in [5.41, 5.74) is 1.07. The molecular weight excluding hydrogens is 220 g/mol. The summed E-state index contributed by atoms with van der Waals surface area (Å²) in [5, 5.41) is 9.62. The second-order valence-corrected chi connectivity index (χ2v) is 5.00. The fourth-order valence-electron chi connectivity index (χ4n) is 2.19. The van der Waals surface area contributed by atoms with Gasteiger partial charge in [-0.1, -0.05) is 11.4 Å². The number of nitrogens with one attached hydrogen (secondary N) is 1. The number of piperidine rings is 1. The highest BCUT2D eigenvalue weighted by atomic mass is 32.1. The largest absolute Gasteiger partial charge is 0.308 e. The van der Waals surface area contributed by atoms with E-state index in [9.17, 15) is 0 Å². The number of nitrogens with zero attached hydrogens (tertiary/aromatic N) is 3. The third kappa shape index (κ3) is 3.50. The molecule has 1 aromatic rings. The van der Waals surface area contributed by atoms with Crippen LogP contribution in [0.15, 0.2) is 5.38 Å². The van der Waals surface area contributed by atoms with E-state index in [2.05, 4.69) is 26.7 Å². The third-order valence-electron chi connectivity index (χ3n) is 3.10. The second kappa shape index (κ2) is 6.27. The molecule has 0 amide bonds. The molecule has 0 unspecified atom stereocenters. The third-order valence-corrected chi connectivity index (χ3v) is 3.66. The normalized spacial score (nSPS) is 19.1. The van der Waals surface area contributed by atoms with Gasteiger partial charge in [0.25, 0.3) is 0 Å². The predicted molar refractivity (Wildman–Crippen MR) is 66.5 cm³/mol. The smallest absolute Gasteiger partial charge is 0.0893 e. The van der Waals surface area contributed by atoms with Crippen LogP contribution >= 0.6 is 11.5 Å². The summed E-state index contributed by atoms with van der Waals surface area (Å²) in [7, 11) is 0. The van der Waals surface area contributed by atoms with E-state index in [1.807, 2.05) is 5.38 Å². The van der Waals surface area contributed by atoms with E-state index in [1.54, 1.807) is 0 Å². The monoisotopic (exact) mass is 240 g/mol. The molecule has 0 bridgehead atoms. The number of likely N-dealkylation sites (tertiary alicyclic amines) is 1. The Hall–Kier alpha value is -0.520. The Morgan fingerprint density at radius 3 is 2.94 bits per heavy atom. The van der Waals surface area contributed by atoms with Crippen molar-refractivity contribution in [2.45, 2.75) is 38.8 Å². The van der Waals surface area contributed by atoms with Gasteiger partial charge in [-0.15, -0.1) is 5.10 Å². The van der Waals surface area contributed by atoms with E-state index in [0.29, 0.717) is 6.04 Å². The summed E-state index contributed by atoms with van der Waals surface area (Å²) >= 11 is 1.42. The topological polar surface area (TPSA) is 41.0 Å². The SMILES string of the molecule is CCCN1CCC(NCc2csnn2)CC1. The second-order valence-electron chi connectivity index (χ2n) is 4.39. The van der Waals surface area contributed by atoms with Crippen LogP contribution in [0.5, 0.6) is 0 Å². The van der Waals surface area contributed by atoms with Crippen molar-refractivity contribution in [3.8, 4) is 0 Å². The summed E-state index contributed by atoms with van der Waals surface area (Å²) < 4.78 is 3.87. The fraction of sp³-hybridized carbons (Fsp3) is 0.818. The molecule has 90 valence electrons. The van der Waals surface area contributed by atoms with Crippen molar-refractivity contribution in [1.82, 2.24) is 19.8 Å². The molecule has 1 fully saturated rings. The molecule has 1 aromatic heterocycles. The number of hydrogen-bond acceptors (Lipinski definition) is 5. The molecule has 0 atom stereocenters. The lowest BCUT2D eigenvalue weighted by atomic mass is 10.0. The summed E-state index contributed by atoms with van der Waals surface area (Å²) in [6.07, 6.45) is 3.79. The molecule has 2 rings (SSSR count). The standard InChI is InChI=1S/C11H20N4S/c1-2-5-15-6-3-10(4-7-15)12-8-11-9-16-14-13-11/h9-10,12H,2-8H2,1H3. The van der Waals surface area contributed by atoms with E-state index < -0.39 is 0 Å². The molecule has 0 aliphatic carbocycles. The van der Waals surface area contributed by atoms with Crippen molar-refractivity contribution in [1.29, 1.82) is 0 Å². The Bertz CT molecular complexity index is 280. The number of rotatable bonds is 5. The minimum Gasteiger partial charge on any atom is -0.308 e. The van der Waals surface area contributed by atoms with Crippen molar-refractivity contribution in [2.75, 3.05) is 19.6 Å². The van der Waals surface area contributed by atoms with Crippen LogP contribution < -0.4 is 5.32 Å². The maximum Gasteiger partial charge on any atom is 0.0893 e. The van der Waals surface area contributed by atoms with Crippen LogP contribution in [0, 0.1) is 0 Å². The van der Waals surface area contributed by atoms with Gasteiger partial charge in [0.2, 0.25) is 0 Å². The molecular formula is C11H20N4S. The molecule has 5 heteroatoms. The van der Waals surface area contributed by atoms with Gasteiger partial charge in [0.1, 0.15) is 0 Å². The molecule has 0 radical (unpaired) electrons. The first-order chi connectivity index (χ1) is 7.88. The average molecular weight is 240 g/mol. The van der Waals surface area contributed by atoms with Crippen molar-refractivity contribution in [3.05, 3.63) is 11.1 Å². The highest BCUT2D eigenvalue weighted by Crippen LogP contribution is 2.11. The van der Waals surface area contributed by atoms with Crippen molar-refractivity contribution in [3.63, 3.8) is 0 Å². The molecule has 1 aliphatic rings. The maximum absolute atomic E-state index is 4.04. The van der Waals surface area contributed by atoms with Crippen LogP contribution in [-0.4, -0.2) is 40.2 Å². The van der Waals surface area contributed by atoms with E-state index in [0.717, 1.165) is 12.2 Å². The van der Waals surface area contributed by atoms with E-state index in [1.165, 1.54) is 50.4 Å². The lowest BCUT2D eigenvalue weighted by molar-refractivity contribution is 0.197. The zero-order valence-electron chi connectivity index (χ0n) is 9.85. The van der Waals surface area contributed by atoms with Crippen LogP contribution in [0.1, 0.15) is 31.9 Å². The van der Waals surface area contributed by atoms with Crippen LogP contribution in [0.3, 0.4) is 0 Å². The summed E-state index contributed by atoms with van der Waals surface area (Å²) in [4.78, 5) is 2.56. The van der Waals surface area contributed by atoms with Gasteiger partial charge >= 0.3 is 0 Å². The zero-order chi connectivity index (χ0) is 11.2. The Labute approximate surface area is 101 Å². The van der Waals surface area contributed by atoms with Crippen molar-refractivity contribution in [2.24, 2.45) is 0 Å². The lowest BCUT2D eigenvalue weighted by Crippen LogP contribution is -2.42. The van der Waals surface area contributed by atoms with E-state index in [4.69, 9.17) is 0 Å². The molecule has 16 heavy (non-hydrogen) atoms.